The highest BCUT2D eigenvalue weighted by atomic mass is 79.9. The van der Waals surface area contributed by atoms with Crippen LogP contribution < -0.4 is 10.2 Å². The molecule has 1 fully saturated rings. The molecule has 2 heterocycles. The first-order valence-corrected chi connectivity index (χ1v) is 8.65. The van der Waals surface area contributed by atoms with Crippen LogP contribution in [0.15, 0.2) is 41.1 Å². The normalized spacial score (nSPS) is 15.1. The molecule has 0 saturated carbocycles. The second kappa shape index (κ2) is 7.55. The maximum Gasteiger partial charge on any atom is 0.274 e. The van der Waals surface area contributed by atoms with Crippen LogP contribution in [0.3, 0.4) is 0 Å². The van der Waals surface area contributed by atoms with Gasteiger partial charge in [-0.25, -0.2) is 9.97 Å². The predicted molar refractivity (Wildman–Crippen MR) is 94.8 cm³/mol. The number of anilines is 2. The number of nitrogens with zero attached hydrogens (tertiary/aromatic N) is 3. The summed E-state index contributed by atoms with van der Waals surface area (Å²) in [5.41, 5.74) is 1.12. The quantitative estimate of drug-likeness (QED) is 0.885. The van der Waals surface area contributed by atoms with Gasteiger partial charge in [0.1, 0.15) is 17.8 Å². The number of hydrogen-bond acceptors (Lipinski definition) is 4. The molecule has 1 aromatic carbocycles. The minimum atomic E-state index is -0.221. The molecule has 0 bridgehead atoms. The predicted octanol–water partition coefficient (Wildman–Crippen LogP) is 3.87. The van der Waals surface area contributed by atoms with Gasteiger partial charge in [0.2, 0.25) is 0 Å². The number of hydrogen-bond donors (Lipinski definition) is 1. The van der Waals surface area contributed by atoms with E-state index in [2.05, 4.69) is 36.1 Å². The third-order valence-corrected chi connectivity index (χ3v) is 4.39. The summed E-state index contributed by atoms with van der Waals surface area (Å²) in [6.07, 6.45) is 6.33. The molecule has 0 aliphatic carbocycles. The summed E-state index contributed by atoms with van der Waals surface area (Å²) in [6.45, 7) is 1.98. The van der Waals surface area contributed by atoms with Crippen LogP contribution in [0, 0.1) is 0 Å². The van der Waals surface area contributed by atoms with E-state index in [9.17, 15) is 4.79 Å². The Kier molecular flexibility index (Phi) is 5.23. The monoisotopic (exact) mass is 374 g/mol. The Morgan fingerprint density at radius 2 is 1.87 bits per heavy atom. The average Bonchev–Trinajstić information content (AvgIpc) is 2.84. The van der Waals surface area contributed by atoms with Crippen LogP contribution in [0.1, 0.15) is 36.2 Å². The lowest BCUT2D eigenvalue weighted by atomic mass is 10.2. The number of halogens is 1. The standard InChI is InChI=1S/C17H19BrN4O/c18-13-6-5-7-14(10-13)21-17(23)15-11-16(20-12-19-15)22-8-3-1-2-4-9-22/h5-7,10-12H,1-4,8-9H2,(H,21,23). The van der Waals surface area contributed by atoms with Crippen molar-refractivity contribution in [2.75, 3.05) is 23.3 Å². The van der Waals surface area contributed by atoms with Crippen molar-refractivity contribution in [3.8, 4) is 0 Å². The first-order valence-electron chi connectivity index (χ1n) is 7.86. The second-order valence-electron chi connectivity index (χ2n) is 5.63. The largest absolute Gasteiger partial charge is 0.357 e. The van der Waals surface area contributed by atoms with Crippen molar-refractivity contribution in [1.29, 1.82) is 0 Å². The summed E-state index contributed by atoms with van der Waals surface area (Å²) in [6, 6.07) is 9.27. The number of rotatable bonds is 3. The minimum absolute atomic E-state index is 0.221. The number of carbonyl (C=O) groups excluding carboxylic acids is 1. The summed E-state index contributed by atoms with van der Waals surface area (Å²) in [5.74, 6) is 0.614. The van der Waals surface area contributed by atoms with Crippen LogP contribution in [0.4, 0.5) is 11.5 Å². The molecular weight excluding hydrogens is 356 g/mol. The fourth-order valence-corrected chi connectivity index (χ4v) is 3.10. The fourth-order valence-electron chi connectivity index (χ4n) is 2.71. The molecule has 1 N–H and O–H groups in total. The first kappa shape index (κ1) is 15.9. The highest BCUT2D eigenvalue weighted by Crippen LogP contribution is 2.19. The van der Waals surface area contributed by atoms with E-state index in [1.165, 1.54) is 32.0 Å². The molecule has 1 aliphatic rings. The Balaban J connectivity index is 1.74. The van der Waals surface area contributed by atoms with Gasteiger partial charge < -0.3 is 10.2 Å². The van der Waals surface area contributed by atoms with E-state index < -0.39 is 0 Å². The highest BCUT2D eigenvalue weighted by molar-refractivity contribution is 9.10. The van der Waals surface area contributed by atoms with Crippen LogP contribution >= 0.6 is 15.9 Å². The van der Waals surface area contributed by atoms with Crippen LogP contribution in [0.25, 0.3) is 0 Å². The Morgan fingerprint density at radius 1 is 1.09 bits per heavy atom. The summed E-state index contributed by atoms with van der Waals surface area (Å²) in [7, 11) is 0. The molecule has 23 heavy (non-hydrogen) atoms. The van der Waals surface area contributed by atoms with Gasteiger partial charge in [0, 0.05) is 29.3 Å². The summed E-state index contributed by atoms with van der Waals surface area (Å²) < 4.78 is 0.920. The summed E-state index contributed by atoms with van der Waals surface area (Å²) >= 11 is 3.40. The van der Waals surface area contributed by atoms with Gasteiger partial charge in [0.05, 0.1) is 0 Å². The topological polar surface area (TPSA) is 58.1 Å². The van der Waals surface area contributed by atoms with Gasteiger partial charge in [0.15, 0.2) is 0 Å². The van der Waals surface area contributed by atoms with Crippen LogP contribution in [0.2, 0.25) is 0 Å². The van der Waals surface area contributed by atoms with Crippen molar-refractivity contribution < 1.29 is 4.79 Å². The van der Waals surface area contributed by atoms with Crippen molar-refractivity contribution in [2.45, 2.75) is 25.7 Å². The minimum Gasteiger partial charge on any atom is -0.357 e. The number of aromatic nitrogens is 2. The average molecular weight is 375 g/mol. The van der Waals surface area contributed by atoms with E-state index in [-0.39, 0.29) is 5.91 Å². The SMILES string of the molecule is O=C(Nc1cccc(Br)c1)c1cc(N2CCCCCC2)ncn1. The van der Waals surface area contributed by atoms with Crippen LogP contribution in [-0.4, -0.2) is 29.0 Å². The zero-order valence-corrected chi connectivity index (χ0v) is 14.4. The molecular formula is C17H19BrN4O. The molecule has 1 aliphatic heterocycles. The molecule has 0 unspecified atom stereocenters. The lowest BCUT2D eigenvalue weighted by Crippen LogP contribution is -2.25. The van der Waals surface area contributed by atoms with E-state index in [1.54, 1.807) is 6.07 Å². The van der Waals surface area contributed by atoms with E-state index in [0.29, 0.717) is 5.69 Å². The maximum atomic E-state index is 12.4. The molecule has 2 aromatic rings. The van der Waals surface area contributed by atoms with Gasteiger partial charge in [-0.15, -0.1) is 0 Å². The molecule has 0 spiro atoms. The van der Waals surface area contributed by atoms with Crippen molar-refractivity contribution in [1.82, 2.24) is 9.97 Å². The highest BCUT2D eigenvalue weighted by Gasteiger charge is 2.14. The number of nitrogens with one attached hydrogen (secondary N) is 1. The van der Waals surface area contributed by atoms with Crippen LogP contribution in [-0.2, 0) is 0 Å². The van der Waals surface area contributed by atoms with E-state index in [1.807, 2.05) is 24.3 Å². The summed E-state index contributed by atoms with van der Waals surface area (Å²) in [5, 5.41) is 2.86. The molecule has 6 heteroatoms. The van der Waals surface area contributed by atoms with Crippen molar-refractivity contribution in [3.63, 3.8) is 0 Å². The van der Waals surface area contributed by atoms with Crippen LogP contribution in [0.5, 0.6) is 0 Å². The Bertz CT molecular complexity index is 684. The van der Waals surface area contributed by atoms with Crippen molar-refractivity contribution in [3.05, 3.63) is 46.8 Å². The second-order valence-corrected chi connectivity index (χ2v) is 6.54. The van der Waals surface area contributed by atoms with E-state index in [0.717, 1.165) is 29.1 Å². The Morgan fingerprint density at radius 3 is 2.61 bits per heavy atom. The van der Waals surface area contributed by atoms with E-state index in [4.69, 9.17) is 0 Å². The molecule has 0 radical (unpaired) electrons. The number of carbonyl (C=O) groups is 1. The van der Waals surface area contributed by atoms with Gasteiger partial charge in [-0.3, -0.25) is 4.79 Å². The third-order valence-electron chi connectivity index (χ3n) is 3.90. The third kappa shape index (κ3) is 4.28. The van der Waals surface area contributed by atoms with Gasteiger partial charge in [-0.05, 0) is 31.0 Å². The number of amides is 1. The molecule has 5 nitrogen and oxygen atoms in total. The lowest BCUT2D eigenvalue weighted by Gasteiger charge is -2.21. The molecule has 3 rings (SSSR count). The Labute approximate surface area is 144 Å². The first-order chi connectivity index (χ1) is 11.2. The molecule has 0 atom stereocenters. The van der Waals surface area contributed by atoms with E-state index >= 15 is 0 Å². The molecule has 1 saturated heterocycles. The lowest BCUT2D eigenvalue weighted by molar-refractivity contribution is 0.102. The van der Waals surface area contributed by atoms with Gasteiger partial charge in [0.25, 0.3) is 5.91 Å². The van der Waals surface area contributed by atoms with Crippen molar-refractivity contribution >= 4 is 33.3 Å². The molecule has 1 aromatic heterocycles. The summed E-state index contributed by atoms with van der Waals surface area (Å²) in [4.78, 5) is 23.1. The molecule has 120 valence electrons. The van der Waals surface area contributed by atoms with Crippen molar-refractivity contribution in [2.24, 2.45) is 0 Å². The van der Waals surface area contributed by atoms with Gasteiger partial charge >= 0.3 is 0 Å². The maximum absolute atomic E-state index is 12.4. The smallest absolute Gasteiger partial charge is 0.274 e. The fraction of sp³-hybridized carbons (Fsp3) is 0.353. The van der Waals surface area contributed by atoms with Gasteiger partial charge in [-0.1, -0.05) is 34.8 Å². The zero-order valence-electron chi connectivity index (χ0n) is 12.8. The Hall–Kier alpha value is -1.95. The zero-order chi connectivity index (χ0) is 16.1. The number of benzene rings is 1. The molecule has 1 amide bonds. The van der Waals surface area contributed by atoms with Gasteiger partial charge in [-0.2, -0.15) is 0 Å².